The molecule has 1 unspecified atom stereocenters. The summed E-state index contributed by atoms with van der Waals surface area (Å²) in [6, 6.07) is 16.9. The summed E-state index contributed by atoms with van der Waals surface area (Å²) in [7, 11) is -3.75. The van der Waals surface area contributed by atoms with Crippen molar-refractivity contribution in [3.05, 3.63) is 65.7 Å². The minimum absolute atomic E-state index is 0.0731. The minimum Gasteiger partial charge on any atom is -0.352 e. The van der Waals surface area contributed by atoms with Gasteiger partial charge in [-0.1, -0.05) is 42.5 Å². The first-order valence-corrected chi connectivity index (χ1v) is 17.0. The summed E-state index contributed by atoms with van der Waals surface area (Å²) in [6.07, 6.45) is 9.51. The van der Waals surface area contributed by atoms with Crippen molar-refractivity contribution >= 4 is 27.5 Å². The molecule has 4 aliphatic carbocycles. The Labute approximate surface area is 245 Å². The summed E-state index contributed by atoms with van der Waals surface area (Å²) >= 11 is 0. The molecule has 6 rings (SSSR count). The van der Waals surface area contributed by atoms with Gasteiger partial charge in [-0.05, 0) is 112 Å². The van der Waals surface area contributed by atoms with Gasteiger partial charge in [0.15, 0.2) is 0 Å². The van der Waals surface area contributed by atoms with Gasteiger partial charge in [-0.3, -0.25) is 13.9 Å². The summed E-state index contributed by atoms with van der Waals surface area (Å²) in [5.41, 5.74) is 3.05. The lowest BCUT2D eigenvalue weighted by Gasteiger charge is -2.57. The Kier molecular flexibility index (Phi) is 8.51. The van der Waals surface area contributed by atoms with E-state index in [2.05, 4.69) is 17.4 Å². The normalized spacial score (nSPS) is 25.6. The van der Waals surface area contributed by atoms with Gasteiger partial charge in [0.25, 0.3) is 0 Å². The number of carbonyl (C=O) groups is 2. The van der Waals surface area contributed by atoms with E-state index in [0.29, 0.717) is 18.7 Å². The molecule has 7 nitrogen and oxygen atoms in total. The van der Waals surface area contributed by atoms with Crippen LogP contribution < -0.4 is 9.62 Å². The molecule has 0 saturated heterocycles. The first-order valence-electron chi connectivity index (χ1n) is 15.2. The molecule has 4 bridgehead atoms. The number of hydrogen-bond donors (Lipinski definition) is 1. The van der Waals surface area contributed by atoms with Gasteiger partial charge < -0.3 is 10.2 Å². The van der Waals surface area contributed by atoms with Crippen molar-refractivity contribution in [2.75, 3.05) is 23.7 Å². The van der Waals surface area contributed by atoms with Crippen LogP contribution in [0.5, 0.6) is 0 Å². The van der Waals surface area contributed by atoms with Crippen LogP contribution in [-0.4, -0.2) is 56.6 Å². The lowest BCUT2D eigenvalue weighted by Crippen LogP contribution is -2.53. The van der Waals surface area contributed by atoms with Crippen LogP contribution in [0.3, 0.4) is 0 Å². The first-order chi connectivity index (χ1) is 19.4. The van der Waals surface area contributed by atoms with Crippen LogP contribution in [0.1, 0.15) is 70.4 Å². The summed E-state index contributed by atoms with van der Waals surface area (Å²) in [5, 5.41) is 2.89. The summed E-state index contributed by atoms with van der Waals surface area (Å²) in [4.78, 5) is 28.2. The van der Waals surface area contributed by atoms with Gasteiger partial charge >= 0.3 is 0 Å². The second kappa shape index (κ2) is 11.8. The van der Waals surface area contributed by atoms with E-state index in [4.69, 9.17) is 0 Å². The van der Waals surface area contributed by atoms with Crippen LogP contribution in [0.2, 0.25) is 0 Å². The molecule has 0 aliphatic heterocycles. The summed E-state index contributed by atoms with van der Waals surface area (Å²) in [5.74, 6) is 1.81. The minimum atomic E-state index is -3.75. The number of amides is 2. The van der Waals surface area contributed by atoms with Crippen molar-refractivity contribution in [3.63, 3.8) is 0 Å². The fraction of sp³-hybridized carbons (Fsp3) is 0.576. The van der Waals surface area contributed by atoms with E-state index < -0.39 is 22.0 Å². The van der Waals surface area contributed by atoms with Gasteiger partial charge in [-0.25, -0.2) is 8.42 Å². The van der Waals surface area contributed by atoms with E-state index in [0.717, 1.165) is 29.6 Å². The Morgan fingerprint density at radius 1 is 0.902 bits per heavy atom. The third kappa shape index (κ3) is 6.63. The second-order valence-corrected chi connectivity index (χ2v) is 15.1. The number of hydrogen-bond acceptors (Lipinski definition) is 4. The number of nitrogens with zero attached hydrogens (tertiary/aromatic N) is 2. The Balaban J connectivity index is 1.35. The van der Waals surface area contributed by atoms with Crippen molar-refractivity contribution in [2.24, 2.45) is 17.8 Å². The molecule has 2 amide bonds. The maximum Gasteiger partial charge on any atom is 0.244 e. The third-order valence-corrected chi connectivity index (χ3v) is 10.7. The van der Waals surface area contributed by atoms with E-state index in [1.807, 2.05) is 56.3 Å². The number of carbonyl (C=O) groups excluding carboxylic acids is 2. The van der Waals surface area contributed by atoms with Gasteiger partial charge in [0.05, 0.1) is 11.9 Å². The Morgan fingerprint density at radius 2 is 1.46 bits per heavy atom. The standard InChI is InChI=1S/C33H45N3O4S/c1-23(2)34-32(38)24(3)35(15-14-25-8-6-5-7-9-25)31(37)22-36(41(4,39)40)30-12-10-29(11-13-30)33-19-26-16-27(20-33)18-28(17-26)21-33/h5-13,23-24,26-28H,14-22H2,1-4H3,(H,34,38). The molecule has 0 aromatic heterocycles. The highest BCUT2D eigenvalue weighted by atomic mass is 32.2. The molecule has 8 heteroatoms. The fourth-order valence-corrected chi connectivity index (χ4v) is 8.88. The lowest BCUT2D eigenvalue weighted by molar-refractivity contribution is -0.139. The van der Waals surface area contributed by atoms with Gasteiger partial charge in [-0.2, -0.15) is 0 Å². The molecule has 4 saturated carbocycles. The van der Waals surface area contributed by atoms with E-state index >= 15 is 0 Å². The molecule has 0 heterocycles. The Hall–Kier alpha value is -2.87. The van der Waals surface area contributed by atoms with Crippen molar-refractivity contribution in [2.45, 2.75) is 83.2 Å². The highest BCUT2D eigenvalue weighted by molar-refractivity contribution is 7.92. The fourth-order valence-electron chi connectivity index (χ4n) is 8.03. The molecule has 222 valence electrons. The Morgan fingerprint density at radius 3 is 1.98 bits per heavy atom. The van der Waals surface area contributed by atoms with Gasteiger partial charge in [0.1, 0.15) is 12.6 Å². The van der Waals surface area contributed by atoms with E-state index in [9.17, 15) is 18.0 Å². The zero-order chi connectivity index (χ0) is 29.4. The smallest absolute Gasteiger partial charge is 0.244 e. The average Bonchev–Trinajstić information content (AvgIpc) is 2.90. The SMILES string of the molecule is CC(C)NC(=O)C(C)N(CCc1ccccc1)C(=O)CN(c1ccc(C23CC4CC(CC(C4)C2)C3)cc1)S(C)(=O)=O. The van der Waals surface area contributed by atoms with Crippen LogP contribution in [0.25, 0.3) is 0 Å². The first kappa shape index (κ1) is 29.6. The highest BCUT2D eigenvalue weighted by Crippen LogP contribution is 2.60. The van der Waals surface area contributed by atoms with Gasteiger partial charge in [0, 0.05) is 12.6 Å². The van der Waals surface area contributed by atoms with Crippen molar-refractivity contribution in [1.29, 1.82) is 0 Å². The molecule has 1 N–H and O–H groups in total. The topological polar surface area (TPSA) is 86.8 Å². The molecule has 0 radical (unpaired) electrons. The van der Waals surface area contributed by atoms with Crippen LogP contribution in [0, 0.1) is 17.8 Å². The van der Waals surface area contributed by atoms with E-state index in [1.54, 1.807) is 6.92 Å². The summed E-state index contributed by atoms with van der Waals surface area (Å²) < 4.78 is 27.2. The zero-order valence-corrected chi connectivity index (χ0v) is 25.7. The maximum absolute atomic E-state index is 13.8. The largest absolute Gasteiger partial charge is 0.352 e. The lowest BCUT2D eigenvalue weighted by atomic mass is 9.48. The molecule has 2 aromatic carbocycles. The zero-order valence-electron chi connectivity index (χ0n) is 24.9. The molecule has 2 aromatic rings. The average molecular weight is 580 g/mol. The molecular weight excluding hydrogens is 534 g/mol. The molecule has 4 fully saturated rings. The second-order valence-electron chi connectivity index (χ2n) is 13.2. The number of anilines is 1. The quantitative estimate of drug-likeness (QED) is 0.410. The highest BCUT2D eigenvalue weighted by Gasteiger charge is 2.51. The number of nitrogens with one attached hydrogen (secondary N) is 1. The molecule has 4 aliphatic rings. The maximum atomic E-state index is 13.8. The predicted octanol–water partition coefficient (Wildman–Crippen LogP) is 4.90. The van der Waals surface area contributed by atoms with Crippen LogP contribution >= 0.6 is 0 Å². The van der Waals surface area contributed by atoms with Gasteiger partial charge in [-0.15, -0.1) is 0 Å². The molecule has 1 atom stereocenters. The van der Waals surface area contributed by atoms with Crippen molar-refractivity contribution in [3.8, 4) is 0 Å². The van der Waals surface area contributed by atoms with E-state index in [1.165, 1.54) is 53.3 Å². The van der Waals surface area contributed by atoms with E-state index in [-0.39, 0.29) is 23.9 Å². The summed E-state index contributed by atoms with van der Waals surface area (Å²) in [6.45, 7) is 5.39. The third-order valence-electron chi connectivity index (χ3n) is 9.57. The Bertz CT molecular complexity index is 1310. The van der Waals surface area contributed by atoms with Gasteiger partial charge in [0.2, 0.25) is 21.8 Å². The number of sulfonamides is 1. The number of rotatable bonds is 11. The van der Waals surface area contributed by atoms with Crippen molar-refractivity contribution < 1.29 is 18.0 Å². The monoisotopic (exact) mass is 579 g/mol. The van der Waals surface area contributed by atoms with Crippen molar-refractivity contribution in [1.82, 2.24) is 10.2 Å². The van der Waals surface area contributed by atoms with Crippen LogP contribution in [0.15, 0.2) is 54.6 Å². The number of benzene rings is 2. The predicted molar refractivity (Wildman–Crippen MR) is 163 cm³/mol. The van der Waals surface area contributed by atoms with Crippen LogP contribution in [-0.2, 0) is 31.4 Å². The molecular formula is C33H45N3O4S. The molecule has 41 heavy (non-hydrogen) atoms. The molecule has 0 spiro atoms. The van der Waals surface area contributed by atoms with Crippen LogP contribution in [0.4, 0.5) is 5.69 Å².